The number of piperazine rings is 1. The van der Waals surface area contributed by atoms with Crippen LogP contribution in [-0.4, -0.2) is 65.8 Å². The average molecular weight is 528 g/mol. The fourth-order valence-electron chi connectivity index (χ4n) is 5.46. The van der Waals surface area contributed by atoms with Crippen LogP contribution in [0.2, 0.25) is 0 Å². The van der Waals surface area contributed by atoms with Gasteiger partial charge in [0.15, 0.2) is 5.76 Å². The van der Waals surface area contributed by atoms with Gasteiger partial charge in [-0.25, -0.2) is 0 Å². The van der Waals surface area contributed by atoms with Crippen molar-refractivity contribution in [3.8, 4) is 5.75 Å². The molecule has 7 nitrogen and oxygen atoms in total. The molecule has 0 radical (unpaired) electrons. The van der Waals surface area contributed by atoms with E-state index in [4.69, 9.17) is 9.15 Å². The number of amides is 2. The summed E-state index contributed by atoms with van der Waals surface area (Å²) in [7, 11) is 0. The smallest absolute Gasteiger partial charge is 0.289 e. The number of nitrogens with zero attached hydrogens (tertiary/aromatic N) is 3. The summed E-state index contributed by atoms with van der Waals surface area (Å²) in [5.41, 5.74) is 4.61. The predicted molar refractivity (Wildman–Crippen MR) is 151 cm³/mol. The highest BCUT2D eigenvalue weighted by Crippen LogP contribution is 2.37. The van der Waals surface area contributed by atoms with Crippen molar-refractivity contribution in [2.24, 2.45) is 0 Å². The van der Waals surface area contributed by atoms with Crippen molar-refractivity contribution in [1.29, 1.82) is 0 Å². The second-order valence-corrected chi connectivity index (χ2v) is 10.3. The number of furan rings is 1. The molecule has 1 atom stereocenters. The van der Waals surface area contributed by atoms with E-state index in [1.54, 1.807) is 12.1 Å². The Morgan fingerprint density at radius 1 is 1.03 bits per heavy atom. The first-order valence-electron chi connectivity index (χ1n) is 13.8. The topological polar surface area (TPSA) is 66.2 Å². The van der Waals surface area contributed by atoms with Gasteiger partial charge in [-0.3, -0.25) is 14.5 Å². The number of hydrogen-bond donors (Lipinski definition) is 0. The summed E-state index contributed by atoms with van der Waals surface area (Å²) < 4.78 is 12.0. The Bertz CT molecular complexity index is 1320. The summed E-state index contributed by atoms with van der Waals surface area (Å²) in [6.07, 6.45) is 3.18. The third kappa shape index (κ3) is 5.93. The average Bonchev–Trinajstić information content (AvgIpc) is 3.45. The summed E-state index contributed by atoms with van der Waals surface area (Å²) in [6.45, 7) is 12.5. The molecular formula is C32H37N3O4. The first kappa shape index (κ1) is 26.8. The maximum atomic E-state index is 12.9. The molecule has 0 aliphatic carbocycles. The molecule has 2 amide bonds. The SMILES string of the molecule is C=CCN1CCN(C(=O)c2ccc(COc3ccc4c(c3)C(c3ccc(C)cc3)N(C(=O)CC)CC4)o2)CC1. The first-order valence-corrected chi connectivity index (χ1v) is 13.8. The van der Waals surface area contributed by atoms with E-state index in [0.29, 0.717) is 43.3 Å². The molecule has 1 unspecified atom stereocenters. The van der Waals surface area contributed by atoms with Crippen LogP contribution in [0.3, 0.4) is 0 Å². The van der Waals surface area contributed by atoms with E-state index < -0.39 is 0 Å². The summed E-state index contributed by atoms with van der Waals surface area (Å²) in [5, 5.41) is 0. The minimum Gasteiger partial charge on any atom is -0.486 e. The zero-order valence-corrected chi connectivity index (χ0v) is 22.9. The second kappa shape index (κ2) is 11.9. The molecule has 1 saturated heterocycles. The molecule has 3 aromatic rings. The zero-order chi connectivity index (χ0) is 27.4. The van der Waals surface area contributed by atoms with Crippen LogP contribution in [0.1, 0.15) is 58.0 Å². The van der Waals surface area contributed by atoms with Crippen molar-refractivity contribution < 1.29 is 18.7 Å². The highest BCUT2D eigenvalue weighted by Gasteiger charge is 2.32. The Balaban J connectivity index is 1.29. The van der Waals surface area contributed by atoms with Crippen LogP contribution >= 0.6 is 0 Å². The molecule has 5 rings (SSSR count). The zero-order valence-electron chi connectivity index (χ0n) is 22.9. The maximum absolute atomic E-state index is 12.9. The maximum Gasteiger partial charge on any atom is 0.289 e. The molecule has 0 N–H and O–H groups in total. The van der Waals surface area contributed by atoms with E-state index in [0.717, 1.165) is 37.2 Å². The fraction of sp³-hybridized carbons (Fsp3) is 0.375. The van der Waals surface area contributed by atoms with Crippen LogP contribution in [0.15, 0.2) is 71.7 Å². The number of carbonyl (C=O) groups excluding carboxylic acids is 2. The van der Waals surface area contributed by atoms with Gasteiger partial charge < -0.3 is 19.0 Å². The summed E-state index contributed by atoms with van der Waals surface area (Å²) >= 11 is 0. The Kier molecular flexibility index (Phi) is 8.17. The lowest BCUT2D eigenvalue weighted by Gasteiger charge is -2.38. The number of rotatable bonds is 8. The van der Waals surface area contributed by atoms with Crippen molar-refractivity contribution in [2.75, 3.05) is 39.3 Å². The molecule has 1 fully saturated rings. The van der Waals surface area contributed by atoms with Crippen LogP contribution in [0.4, 0.5) is 0 Å². The molecule has 0 saturated carbocycles. The molecule has 39 heavy (non-hydrogen) atoms. The van der Waals surface area contributed by atoms with E-state index >= 15 is 0 Å². The minimum absolute atomic E-state index is 0.0880. The van der Waals surface area contributed by atoms with Crippen LogP contribution in [0, 0.1) is 6.92 Å². The van der Waals surface area contributed by atoms with Gasteiger partial charge in [-0.1, -0.05) is 48.9 Å². The van der Waals surface area contributed by atoms with Gasteiger partial charge in [0.2, 0.25) is 5.91 Å². The van der Waals surface area contributed by atoms with Gasteiger partial charge in [-0.2, -0.15) is 0 Å². The molecule has 2 aromatic carbocycles. The molecule has 0 spiro atoms. The monoisotopic (exact) mass is 527 g/mol. The van der Waals surface area contributed by atoms with Crippen LogP contribution in [0.5, 0.6) is 5.75 Å². The van der Waals surface area contributed by atoms with Crippen molar-refractivity contribution in [3.63, 3.8) is 0 Å². The van der Waals surface area contributed by atoms with Gasteiger partial charge in [0.25, 0.3) is 5.91 Å². The number of aryl methyl sites for hydroxylation is 1. The van der Waals surface area contributed by atoms with E-state index in [1.165, 1.54) is 11.1 Å². The Morgan fingerprint density at radius 2 is 1.79 bits per heavy atom. The van der Waals surface area contributed by atoms with Gasteiger partial charge in [0, 0.05) is 45.7 Å². The van der Waals surface area contributed by atoms with Gasteiger partial charge in [0.1, 0.15) is 18.1 Å². The molecule has 2 aliphatic rings. The van der Waals surface area contributed by atoms with Gasteiger partial charge in [-0.05, 0) is 54.3 Å². The number of hydrogen-bond acceptors (Lipinski definition) is 5. The van der Waals surface area contributed by atoms with E-state index in [1.807, 2.05) is 34.9 Å². The predicted octanol–water partition coefficient (Wildman–Crippen LogP) is 4.99. The number of benzene rings is 2. The molecular weight excluding hydrogens is 490 g/mol. The largest absolute Gasteiger partial charge is 0.486 e. The number of carbonyl (C=O) groups is 2. The first-order chi connectivity index (χ1) is 19.0. The summed E-state index contributed by atoms with van der Waals surface area (Å²) in [4.78, 5) is 31.9. The molecule has 2 aliphatic heterocycles. The Labute approximate surface area is 230 Å². The second-order valence-electron chi connectivity index (χ2n) is 10.3. The minimum atomic E-state index is -0.148. The van der Waals surface area contributed by atoms with Crippen molar-refractivity contribution in [2.45, 2.75) is 39.3 Å². The van der Waals surface area contributed by atoms with Crippen molar-refractivity contribution >= 4 is 11.8 Å². The summed E-state index contributed by atoms with van der Waals surface area (Å²) in [6, 6.07) is 17.9. The van der Waals surface area contributed by atoms with Gasteiger partial charge in [-0.15, -0.1) is 6.58 Å². The third-order valence-electron chi connectivity index (χ3n) is 7.66. The van der Waals surface area contributed by atoms with Crippen molar-refractivity contribution in [3.05, 3.63) is 101 Å². The summed E-state index contributed by atoms with van der Waals surface area (Å²) in [5.74, 6) is 1.70. The van der Waals surface area contributed by atoms with Crippen LogP contribution in [-0.2, 0) is 17.8 Å². The Morgan fingerprint density at radius 3 is 2.51 bits per heavy atom. The fourth-order valence-corrected chi connectivity index (χ4v) is 5.46. The lowest BCUT2D eigenvalue weighted by atomic mass is 9.87. The Hall–Kier alpha value is -3.84. The molecule has 1 aromatic heterocycles. The lowest BCUT2D eigenvalue weighted by Crippen LogP contribution is -2.48. The lowest BCUT2D eigenvalue weighted by molar-refractivity contribution is -0.132. The highest BCUT2D eigenvalue weighted by atomic mass is 16.5. The van der Waals surface area contributed by atoms with Gasteiger partial charge in [0.05, 0.1) is 6.04 Å². The van der Waals surface area contributed by atoms with E-state index in [9.17, 15) is 9.59 Å². The quantitative estimate of drug-likeness (QED) is 0.386. The van der Waals surface area contributed by atoms with E-state index in [-0.39, 0.29) is 24.5 Å². The molecule has 204 valence electrons. The van der Waals surface area contributed by atoms with Crippen molar-refractivity contribution in [1.82, 2.24) is 14.7 Å². The standard InChI is InChI=1S/C32H37N3O4/c1-4-15-33-17-19-34(20-18-33)32(37)29-13-12-27(39-29)22-38-26-11-10-24-14-16-35(30(36)5-2)31(28(24)21-26)25-8-6-23(3)7-9-25/h4,6-13,21,31H,1,5,14-20,22H2,2-3H3. The van der Waals surface area contributed by atoms with Gasteiger partial charge >= 0.3 is 0 Å². The number of fused-ring (bicyclic) bond motifs is 1. The molecule has 3 heterocycles. The van der Waals surface area contributed by atoms with Crippen LogP contribution in [0.25, 0.3) is 0 Å². The normalized spacial score (nSPS) is 17.5. The molecule has 7 heteroatoms. The molecule has 0 bridgehead atoms. The highest BCUT2D eigenvalue weighted by molar-refractivity contribution is 5.91. The third-order valence-corrected chi connectivity index (χ3v) is 7.66. The van der Waals surface area contributed by atoms with Crippen LogP contribution < -0.4 is 4.74 Å². The number of ether oxygens (including phenoxy) is 1. The van der Waals surface area contributed by atoms with E-state index in [2.05, 4.69) is 48.7 Å².